The van der Waals surface area contributed by atoms with Crippen molar-refractivity contribution in [3.05, 3.63) is 48.3 Å². The molecule has 0 spiro atoms. The number of pyridine rings is 1. The Hall–Kier alpha value is -2.01. The summed E-state index contributed by atoms with van der Waals surface area (Å²) in [6.45, 7) is 2.95. The van der Waals surface area contributed by atoms with Crippen molar-refractivity contribution in [1.29, 1.82) is 0 Å². The lowest BCUT2D eigenvalue weighted by Gasteiger charge is -2.24. The van der Waals surface area contributed by atoms with Gasteiger partial charge in [0, 0.05) is 49.9 Å². The molecule has 0 aliphatic rings. The van der Waals surface area contributed by atoms with E-state index >= 15 is 0 Å². The van der Waals surface area contributed by atoms with Crippen LogP contribution in [0.4, 0.5) is 0 Å². The van der Waals surface area contributed by atoms with Crippen molar-refractivity contribution < 1.29 is 4.74 Å². The number of nitrogens with zero attached hydrogens (tertiary/aromatic N) is 4. The van der Waals surface area contributed by atoms with Gasteiger partial charge in [-0.15, -0.1) is 0 Å². The summed E-state index contributed by atoms with van der Waals surface area (Å²) in [5, 5.41) is 0. The van der Waals surface area contributed by atoms with Gasteiger partial charge in [0.2, 0.25) is 0 Å². The molecule has 0 N–H and O–H groups in total. The van der Waals surface area contributed by atoms with E-state index < -0.39 is 0 Å². The van der Waals surface area contributed by atoms with Crippen LogP contribution < -0.4 is 4.74 Å². The Balaban J connectivity index is 1.95. The molecular weight excluding hydrogens is 252 g/mol. The number of hydrogen-bond acceptors (Lipinski definition) is 5. The quantitative estimate of drug-likeness (QED) is 0.804. The molecule has 0 radical (unpaired) electrons. The topological polar surface area (TPSA) is 51.1 Å². The number of likely N-dealkylation sites (N-methyl/N-ethyl adjacent to an activating group) is 1. The van der Waals surface area contributed by atoms with E-state index in [4.69, 9.17) is 4.74 Å². The van der Waals surface area contributed by atoms with Crippen LogP contribution in [0.25, 0.3) is 0 Å². The van der Waals surface area contributed by atoms with Crippen molar-refractivity contribution in [2.45, 2.75) is 25.9 Å². The molecule has 2 aromatic rings. The standard InChI is InChI=1S/C15H20N4O/c1-12(8-13-10-16-6-7-18-13)19(2)11-14-9-15(20-3)4-5-17-14/h4-7,9-10,12H,8,11H2,1-3H3. The van der Waals surface area contributed by atoms with Gasteiger partial charge in [-0.05, 0) is 20.0 Å². The second-order valence-corrected chi connectivity index (χ2v) is 4.85. The highest BCUT2D eigenvalue weighted by Gasteiger charge is 2.12. The summed E-state index contributed by atoms with van der Waals surface area (Å²) >= 11 is 0. The first-order chi connectivity index (χ1) is 9.69. The third-order valence-corrected chi connectivity index (χ3v) is 3.31. The van der Waals surface area contributed by atoms with Crippen molar-refractivity contribution in [1.82, 2.24) is 19.9 Å². The van der Waals surface area contributed by atoms with E-state index in [1.54, 1.807) is 25.7 Å². The Morgan fingerprint density at radius 3 is 2.70 bits per heavy atom. The van der Waals surface area contributed by atoms with Crippen LogP contribution in [-0.4, -0.2) is 40.1 Å². The number of aromatic nitrogens is 3. The molecule has 20 heavy (non-hydrogen) atoms. The molecule has 2 aromatic heterocycles. The Morgan fingerprint density at radius 1 is 1.20 bits per heavy atom. The molecule has 1 unspecified atom stereocenters. The molecule has 0 aromatic carbocycles. The summed E-state index contributed by atoms with van der Waals surface area (Å²) in [5.41, 5.74) is 2.00. The number of rotatable bonds is 6. The van der Waals surface area contributed by atoms with Crippen LogP contribution >= 0.6 is 0 Å². The van der Waals surface area contributed by atoms with Gasteiger partial charge in [-0.3, -0.25) is 19.9 Å². The van der Waals surface area contributed by atoms with Gasteiger partial charge in [-0.2, -0.15) is 0 Å². The van der Waals surface area contributed by atoms with Crippen molar-refractivity contribution in [3.8, 4) is 5.75 Å². The highest BCUT2D eigenvalue weighted by atomic mass is 16.5. The zero-order valence-corrected chi connectivity index (χ0v) is 12.2. The average Bonchev–Trinajstić information content (AvgIpc) is 2.48. The Kier molecular flexibility index (Phi) is 5.01. The third-order valence-electron chi connectivity index (χ3n) is 3.31. The van der Waals surface area contributed by atoms with Crippen LogP contribution in [0.3, 0.4) is 0 Å². The summed E-state index contributed by atoms with van der Waals surface area (Å²) in [5.74, 6) is 0.838. The molecule has 2 rings (SSSR count). The largest absolute Gasteiger partial charge is 0.497 e. The van der Waals surface area contributed by atoms with Crippen LogP contribution in [0, 0.1) is 0 Å². The average molecular weight is 272 g/mol. The lowest BCUT2D eigenvalue weighted by molar-refractivity contribution is 0.243. The molecule has 0 aliphatic carbocycles. The maximum atomic E-state index is 5.22. The summed E-state index contributed by atoms with van der Waals surface area (Å²) in [6, 6.07) is 4.18. The molecule has 0 bridgehead atoms. The monoisotopic (exact) mass is 272 g/mol. The van der Waals surface area contributed by atoms with E-state index in [-0.39, 0.29) is 0 Å². The summed E-state index contributed by atoms with van der Waals surface area (Å²) in [4.78, 5) is 15.0. The number of hydrogen-bond donors (Lipinski definition) is 0. The van der Waals surface area contributed by atoms with Crippen molar-refractivity contribution in [3.63, 3.8) is 0 Å². The van der Waals surface area contributed by atoms with Crippen LogP contribution in [0.5, 0.6) is 5.75 Å². The zero-order valence-electron chi connectivity index (χ0n) is 12.2. The van der Waals surface area contributed by atoms with E-state index in [1.807, 2.05) is 18.3 Å². The van der Waals surface area contributed by atoms with E-state index in [2.05, 4.69) is 33.8 Å². The SMILES string of the molecule is COc1ccnc(CN(C)C(C)Cc2cnccn2)c1. The molecule has 0 saturated carbocycles. The normalized spacial score (nSPS) is 12.4. The van der Waals surface area contributed by atoms with E-state index in [0.29, 0.717) is 6.04 Å². The minimum Gasteiger partial charge on any atom is -0.497 e. The van der Waals surface area contributed by atoms with Gasteiger partial charge in [-0.25, -0.2) is 0 Å². The molecule has 106 valence electrons. The zero-order chi connectivity index (χ0) is 14.4. The van der Waals surface area contributed by atoms with Crippen LogP contribution in [0.15, 0.2) is 36.9 Å². The van der Waals surface area contributed by atoms with Crippen LogP contribution in [0.2, 0.25) is 0 Å². The predicted octanol–water partition coefficient (Wildman–Crippen LogP) is 1.94. The lowest BCUT2D eigenvalue weighted by Crippen LogP contribution is -2.31. The number of methoxy groups -OCH3 is 1. The van der Waals surface area contributed by atoms with Crippen molar-refractivity contribution in [2.75, 3.05) is 14.2 Å². The lowest BCUT2D eigenvalue weighted by atomic mass is 10.1. The smallest absolute Gasteiger partial charge is 0.122 e. The number of ether oxygens (including phenoxy) is 1. The van der Waals surface area contributed by atoms with Crippen molar-refractivity contribution in [2.24, 2.45) is 0 Å². The summed E-state index contributed by atoms with van der Waals surface area (Å²) in [7, 11) is 3.75. The molecule has 1 atom stereocenters. The first kappa shape index (κ1) is 14.4. The van der Waals surface area contributed by atoms with E-state index in [1.165, 1.54) is 0 Å². The molecule has 2 heterocycles. The van der Waals surface area contributed by atoms with Crippen LogP contribution in [-0.2, 0) is 13.0 Å². The highest BCUT2D eigenvalue weighted by molar-refractivity contribution is 5.22. The van der Waals surface area contributed by atoms with Crippen molar-refractivity contribution >= 4 is 0 Å². The summed E-state index contributed by atoms with van der Waals surface area (Å²) in [6.07, 6.45) is 7.88. The fraction of sp³-hybridized carbons (Fsp3) is 0.400. The van der Waals surface area contributed by atoms with Gasteiger partial charge in [-0.1, -0.05) is 0 Å². The van der Waals surface area contributed by atoms with E-state index in [0.717, 1.165) is 30.1 Å². The highest BCUT2D eigenvalue weighted by Crippen LogP contribution is 2.13. The first-order valence-corrected chi connectivity index (χ1v) is 6.63. The first-order valence-electron chi connectivity index (χ1n) is 6.63. The molecule has 5 nitrogen and oxygen atoms in total. The van der Waals surface area contributed by atoms with E-state index in [9.17, 15) is 0 Å². The second-order valence-electron chi connectivity index (χ2n) is 4.85. The molecule has 0 amide bonds. The maximum absolute atomic E-state index is 5.22. The maximum Gasteiger partial charge on any atom is 0.122 e. The minimum absolute atomic E-state index is 0.361. The van der Waals surface area contributed by atoms with Gasteiger partial charge in [0.05, 0.1) is 18.5 Å². The molecule has 0 saturated heterocycles. The second kappa shape index (κ2) is 6.96. The molecule has 5 heteroatoms. The van der Waals surface area contributed by atoms with Crippen LogP contribution in [0.1, 0.15) is 18.3 Å². The fourth-order valence-corrected chi connectivity index (χ4v) is 1.97. The van der Waals surface area contributed by atoms with Gasteiger partial charge >= 0.3 is 0 Å². The minimum atomic E-state index is 0.361. The van der Waals surface area contributed by atoms with Gasteiger partial charge in [0.25, 0.3) is 0 Å². The molecule has 0 aliphatic heterocycles. The third kappa shape index (κ3) is 3.99. The van der Waals surface area contributed by atoms with Gasteiger partial charge in [0.1, 0.15) is 5.75 Å². The Morgan fingerprint density at radius 2 is 2.00 bits per heavy atom. The Bertz CT molecular complexity index is 532. The molecular formula is C15H20N4O. The van der Waals surface area contributed by atoms with Gasteiger partial charge in [0.15, 0.2) is 0 Å². The fourth-order valence-electron chi connectivity index (χ4n) is 1.97. The molecule has 0 fully saturated rings. The predicted molar refractivity (Wildman–Crippen MR) is 77.5 cm³/mol. The van der Waals surface area contributed by atoms with Gasteiger partial charge < -0.3 is 4.74 Å². The summed E-state index contributed by atoms with van der Waals surface area (Å²) < 4.78 is 5.22. The Labute approximate surface area is 119 Å².